The fourth-order valence-corrected chi connectivity index (χ4v) is 3.17. The van der Waals surface area contributed by atoms with E-state index in [1.165, 1.54) is 6.07 Å². The Balaban J connectivity index is 1.69. The van der Waals surface area contributed by atoms with E-state index in [4.69, 9.17) is 9.47 Å². The third-order valence-corrected chi connectivity index (χ3v) is 4.59. The predicted octanol–water partition coefficient (Wildman–Crippen LogP) is 4.34. The summed E-state index contributed by atoms with van der Waals surface area (Å²) < 4.78 is 13.4. The smallest absolute Gasteiger partial charge is 0.258 e. The minimum Gasteiger partial charge on any atom is -0.489 e. The lowest BCUT2D eigenvalue weighted by Crippen LogP contribution is -2.37. The third-order valence-electron chi connectivity index (χ3n) is 4.59. The fourth-order valence-electron chi connectivity index (χ4n) is 3.17. The van der Waals surface area contributed by atoms with E-state index >= 15 is 0 Å². The molecule has 3 aromatic rings. The quantitative estimate of drug-likeness (QED) is 0.535. The minimum atomic E-state index is -0.141. The highest BCUT2D eigenvalue weighted by atomic mass is 16.5. The van der Waals surface area contributed by atoms with Crippen LogP contribution in [0.4, 0.5) is 0 Å². The molecule has 29 heavy (non-hydrogen) atoms. The summed E-state index contributed by atoms with van der Waals surface area (Å²) in [5.41, 5.74) is 1.70. The van der Waals surface area contributed by atoms with Gasteiger partial charge in [-0.2, -0.15) is 0 Å². The van der Waals surface area contributed by atoms with Crippen molar-refractivity contribution in [1.82, 2.24) is 9.47 Å². The van der Waals surface area contributed by atoms with Crippen LogP contribution in [0.25, 0.3) is 5.69 Å². The maximum atomic E-state index is 12.5. The van der Waals surface area contributed by atoms with Crippen molar-refractivity contribution < 1.29 is 9.47 Å². The van der Waals surface area contributed by atoms with Crippen molar-refractivity contribution in [2.75, 3.05) is 14.1 Å². The SMILES string of the molecule is CC(C)C(Oc1ccc(-n2ccc(OCc3ccccc3)cc2=O)cc1)N(C)C. The normalized spacial score (nSPS) is 12.2. The highest BCUT2D eigenvalue weighted by Crippen LogP contribution is 2.20. The largest absolute Gasteiger partial charge is 0.489 e. The molecular formula is C24H28N2O3. The van der Waals surface area contributed by atoms with Crippen molar-refractivity contribution in [3.8, 4) is 17.2 Å². The van der Waals surface area contributed by atoms with E-state index in [1.54, 1.807) is 16.8 Å². The Morgan fingerprint density at radius 1 is 0.931 bits per heavy atom. The van der Waals surface area contributed by atoms with Gasteiger partial charge in [-0.15, -0.1) is 0 Å². The van der Waals surface area contributed by atoms with E-state index in [0.29, 0.717) is 18.3 Å². The lowest BCUT2D eigenvalue weighted by Gasteiger charge is -2.28. The standard InChI is InChI=1S/C24H28N2O3/c1-18(2)24(25(3)4)29-21-12-10-20(11-13-21)26-15-14-22(16-23(26)27)28-17-19-8-6-5-7-9-19/h5-16,18,24H,17H2,1-4H3. The second kappa shape index (κ2) is 9.43. The first-order valence-electron chi connectivity index (χ1n) is 9.77. The number of hydrogen-bond acceptors (Lipinski definition) is 4. The summed E-state index contributed by atoms with van der Waals surface area (Å²) >= 11 is 0. The molecule has 0 N–H and O–H groups in total. The molecule has 0 saturated heterocycles. The molecule has 0 radical (unpaired) electrons. The van der Waals surface area contributed by atoms with E-state index in [-0.39, 0.29) is 11.8 Å². The summed E-state index contributed by atoms with van der Waals surface area (Å²) in [6.45, 7) is 4.68. The summed E-state index contributed by atoms with van der Waals surface area (Å²) in [5.74, 6) is 1.69. The molecule has 3 rings (SSSR count). The third kappa shape index (κ3) is 5.48. The first-order chi connectivity index (χ1) is 13.9. The Hall–Kier alpha value is -3.05. The number of benzene rings is 2. The second-order valence-corrected chi connectivity index (χ2v) is 7.55. The summed E-state index contributed by atoms with van der Waals surface area (Å²) in [4.78, 5) is 14.6. The van der Waals surface area contributed by atoms with Crippen LogP contribution in [0.5, 0.6) is 11.5 Å². The average molecular weight is 392 g/mol. The predicted molar refractivity (Wildman–Crippen MR) is 116 cm³/mol. The number of ether oxygens (including phenoxy) is 2. The molecule has 1 atom stereocenters. The van der Waals surface area contributed by atoms with Gasteiger partial charge >= 0.3 is 0 Å². The van der Waals surface area contributed by atoms with Crippen molar-refractivity contribution in [3.05, 3.63) is 88.8 Å². The molecule has 5 nitrogen and oxygen atoms in total. The molecule has 0 amide bonds. The molecule has 0 spiro atoms. The van der Waals surface area contributed by atoms with Crippen molar-refractivity contribution in [1.29, 1.82) is 0 Å². The maximum absolute atomic E-state index is 12.5. The van der Waals surface area contributed by atoms with E-state index in [9.17, 15) is 4.79 Å². The summed E-state index contributed by atoms with van der Waals surface area (Å²) in [7, 11) is 4.00. The Labute approximate surface area is 172 Å². The van der Waals surface area contributed by atoms with Gasteiger partial charge in [0.1, 0.15) is 18.1 Å². The molecule has 152 valence electrons. The van der Waals surface area contributed by atoms with Crippen LogP contribution in [-0.2, 0) is 6.61 Å². The number of rotatable bonds is 8. The Kier molecular flexibility index (Phi) is 6.73. The van der Waals surface area contributed by atoms with Crippen LogP contribution in [0, 0.1) is 5.92 Å². The van der Waals surface area contributed by atoms with Gasteiger partial charge in [-0.25, -0.2) is 0 Å². The monoisotopic (exact) mass is 392 g/mol. The van der Waals surface area contributed by atoms with Crippen LogP contribution in [0.1, 0.15) is 19.4 Å². The maximum Gasteiger partial charge on any atom is 0.258 e. The van der Waals surface area contributed by atoms with Crippen molar-refractivity contribution in [2.45, 2.75) is 26.7 Å². The molecule has 0 aliphatic carbocycles. The molecule has 0 saturated carbocycles. The van der Waals surface area contributed by atoms with Crippen LogP contribution in [0.3, 0.4) is 0 Å². The summed E-state index contributed by atoms with van der Waals surface area (Å²) in [6, 6.07) is 20.7. The van der Waals surface area contributed by atoms with E-state index in [2.05, 4.69) is 18.7 Å². The topological polar surface area (TPSA) is 43.7 Å². The van der Waals surface area contributed by atoms with Crippen LogP contribution < -0.4 is 15.0 Å². The highest BCUT2D eigenvalue weighted by Gasteiger charge is 2.17. The second-order valence-electron chi connectivity index (χ2n) is 7.55. The lowest BCUT2D eigenvalue weighted by molar-refractivity contribution is 0.0253. The minimum absolute atomic E-state index is 0.00961. The molecule has 5 heteroatoms. The Bertz CT molecular complexity index is 955. The number of aromatic nitrogens is 1. The van der Waals surface area contributed by atoms with Gasteiger partial charge in [-0.05, 0) is 50.0 Å². The summed E-state index contributed by atoms with van der Waals surface area (Å²) in [5, 5.41) is 0. The molecule has 0 bridgehead atoms. The van der Waals surface area contributed by atoms with Crippen LogP contribution in [0.15, 0.2) is 77.7 Å². The number of pyridine rings is 1. The van der Waals surface area contributed by atoms with Gasteiger partial charge in [0.2, 0.25) is 0 Å². The lowest BCUT2D eigenvalue weighted by atomic mass is 10.2. The molecule has 0 aliphatic heterocycles. The van der Waals surface area contributed by atoms with Crippen molar-refractivity contribution in [3.63, 3.8) is 0 Å². The molecule has 1 aromatic heterocycles. The molecule has 1 unspecified atom stereocenters. The zero-order chi connectivity index (χ0) is 20.8. The molecular weight excluding hydrogens is 364 g/mol. The van der Waals surface area contributed by atoms with E-state index in [1.807, 2.05) is 68.7 Å². The first kappa shape index (κ1) is 20.7. The van der Waals surface area contributed by atoms with Gasteiger partial charge in [0.05, 0.1) is 0 Å². The van der Waals surface area contributed by atoms with Crippen molar-refractivity contribution >= 4 is 0 Å². The molecule has 0 aliphatic rings. The number of hydrogen-bond donors (Lipinski definition) is 0. The van der Waals surface area contributed by atoms with Crippen LogP contribution >= 0.6 is 0 Å². The molecule has 1 heterocycles. The fraction of sp³-hybridized carbons (Fsp3) is 0.292. The zero-order valence-corrected chi connectivity index (χ0v) is 17.4. The van der Waals surface area contributed by atoms with Gasteiger partial charge in [-0.1, -0.05) is 44.2 Å². The highest BCUT2D eigenvalue weighted by molar-refractivity contribution is 5.38. The molecule has 0 fully saturated rings. The van der Waals surface area contributed by atoms with Gasteiger partial charge < -0.3 is 9.47 Å². The summed E-state index contributed by atoms with van der Waals surface area (Å²) in [6.07, 6.45) is 1.72. The van der Waals surface area contributed by atoms with Crippen molar-refractivity contribution in [2.24, 2.45) is 5.92 Å². The van der Waals surface area contributed by atoms with Gasteiger partial charge in [0, 0.05) is 23.9 Å². The number of nitrogens with zero attached hydrogens (tertiary/aromatic N) is 2. The van der Waals surface area contributed by atoms with Gasteiger partial charge in [0.15, 0.2) is 6.23 Å². The first-order valence-corrected chi connectivity index (χ1v) is 9.77. The zero-order valence-electron chi connectivity index (χ0n) is 17.4. The van der Waals surface area contributed by atoms with Crippen LogP contribution in [-0.4, -0.2) is 29.8 Å². The van der Waals surface area contributed by atoms with Gasteiger partial charge in [-0.3, -0.25) is 14.3 Å². The molecule has 2 aromatic carbocycles. The van der Waals surface area contributed by atoms with Gasteiger partial charge in [0.25, 0.3) is 5.56 Å². The Morgan fingerprint density at radius 3 is 2.21 bits per heavy atom. The van der Waals surface area contributed by atoms with E-state index < -0.39 is 0 Å². The van der Waals surface area contributed by atoms with Crippen LogP contribution in [0.2, 0.25) is 0 Å². The average Bonchev–Trinajstić information content (AvgIpc) is 2.71. The van der Waals surface area contributed by atoms with E-state index in [0.717, 1.165) is 17.0 Å². The Morgan fingerprint density at radius 2 is 1.62 bits per heavy atom.